The third-order valence-electron chi connectivity index (χ3n) is 3.50. The van der Waals surface area contributed by atoms with Gasteiger partial charge in [0, 0.05) is 12.7 Å². The number of nitrogens with one attached hydrogen (secondary N) is 2. The topological polar surface area (TPSA) is 66.9 Å². The van der Waals surface area contributed by atoms with Crippen molar-refractivity contribution in [1.82, 2.24) is 20.6 Å². The lowest BCUT2D eigenvalue weighted by Gasteiger charge is -2.34. The van der Waals surface area contributed by atoms with E-state index in [0.29, 0.717) is 12.2 Å². The molecule has 0 saturated carbocycles. The molecule has 1 saturated heterocycles. The Balaban J connectivity index is 0.00000180. The minimum Gasteiger partial charge on any atom is -0.350 e. The van der Waals surface area contributed by atoms with E-state index in [1.165, 1.54) is 6.20 Å². The van der Waals surface area contributed by atoms with Crippen LogP contribution in [-0.4, -0.2) is 35.5 Å². The number of nitrogens with zero attached hydrogens (tertiary/aromatic N) is 2. The minimum absolute atomic E-state index is 0. The number of amides is 1. The van der Waals surface area contributed by atoms with Crippen LogP contribution < -0.4 is 10.6 Å². The number of halogens is 2. The van der Waals surface area contributed by atoms with E-state index in [4.69, 9.17) is 0 Å². The highest BCUT2D eigenvalue weighted by Gasteiger charge is 2.27. The third kappa shape index (κ3) is 5.23. The van der Waals surface area contributed by atoms with Crippen molar-refractivity contribution in [2.45, 2.75) is 26.7 Å². The summed E-state index contributed by atoms with van der Waals surface area (Å²) in [6, 6.07) is 0. The highest BCUT2D eigenvalue weighted by molar-refractivity contribution is 5.91. The molecule has 2 rings (SSSR count). The third-order valence-corrected chi connectivity index (χ3v) is 3.50. The van der Waals surface area contributed by atoms with Gasteiger partial charge in [-0.1, -0.05) is 6.92 Å². The lowest BCUT2D eigenvalue weighted by molar-refractivity contribution is 0.0917. The van der Waals surface area contributed by atoms with Crippen LogP contribution in [0.15, 0.2) is 12.4 Å². The number of carbonyl (C=O) groups is 1. The molecule has 0 radical (unpaired) electrons. The lowest BCUT2D eigenvalue weighted by Crippen LogP contribution is -2.43. The molecule has 1 amide bonds. The average molecular weight is 321 g/mol. The monoisotopic (exact) mass is 320 g/mol. The molecule has 0 atom stereocenters. The Hall–Kier alpha value is -0.910. The second kappa shape index (κ2) is 8.39. The van der Waals surface area contributed by atoms with Gasteiger partial charge in [-0.2, -0.15) is 0 Å². The van der Waals surface area contributed by atoms with Crippen LogP contribution in [0.3, 0.4) is 0 Å². The number of hydrogen-bond acceptors (Lipinski definition) is 4. The fourth-order valence-corrected chi connectivity index (χ4v) is 2.10. The van der Waals surface area contributed by atoms with Crippen LogP contribution >= 0.6 is 24.8 Å². The fourth-order valence-electron chi connectivity index (χ4n) is 2.10. The first-order valence-electron chi connectivity index (χ1n) is 6.37. The van der Waals surface area contributed by atoms with E-state index in [0.717, 1.165) is 31.6 Å². The van der Waals surface area contributed by atoms with Crippen LogP contribution in [-0.2, 0) is 0 Å². The Kier molecular flexibility index (Phi) is 8.01. The van der Waals surface area contributed by atoms with Gasteiger partial charge in [-0.3, -0.25) is 9.78 Å². The van der Waals surface area contributed by atoms with E-state index in [2.05, 4.69) is 27.5 Å². The van der Waals surface area contributed by atoms with Crippen LogP contribution in [0.5, 0.6) is 0 Å². The molecule has 0 bridgehead atoms. The molecule has 114 valence electrons. The largest absolute Gasteiger partial charge is 0.350 e. The van der Waals surface area contributed by atoms with Crippen molar-refractivity contribution >= 4 is 30.7 Å². The second-order valence-electron chi connectivity index (χ2n) is 5.29. The van der Waals surface area contributed by atoms with Gasteiger partial charge in [0.25, 0.3) is 5.91 Å². The highest BCUT2D eigenvalue weighted by Crippen LogP contribution is 2.26. The molecule has 2 heterocycles. The maximum Gasteiger partial charge on any atom is 0.271 e. The number of piperidine rings is 1. The van der Waals surface area contributed by atoms with Crippen LogP contribution in [0.1, 0.15) is 35.9 Å². The molecular weight excluding hydrogens is 299 g/mol. The molecular formula is C13H22Cl2N4O. The van der Waals surface area contributed by atoms with Crippen molar-refractivity contribution in [2.24, 2.45) is 5.41 Å². The van der Waals surface area contributed by atoms with Crippen LogP contribution in [0.2, 0.25) is 0 Å². The molecule has 5 nitrogen and oxygen atoms in total. The number of rotatable bonds is 3. The normalized spacial score (nSPS) is 16.5. The van der Waals surface area contributed by atoms with E-state index < -0.39 is 0 Å². The van der Waals surface area contributed by atoms with Crippen molar-refractivity contribution < 1.29 is 4.79 Å². The van der Waals surface area contributed by atoms with Gasteiger partial charge in [0.2, 0.25) is 0 Å². The Bertz CT molecular complexity index is 419. The van der Waals surface area contributed by atoms with Gasteiger partial charge in [-0.25, -0.2) is 4.98 Å². The average Bonchev–Trinajstić information content (AvgIpc) is 2.38. The van der Waals surface area contributed by atoms with Crippen LogP contribution in [0.4, 0.5) is 0 Å². The summed E-state index contributed by atoms with van der Waals surface area (Å²) < 4.78 is 0. The zero-order chi connectivity index (χ0) is 13.0. The van der Waals surface area contributed by atoms with Crippen molar-refractivity contribution in [3.8, 4) is 0 Å². The lowest BCUT2D eigenvalue weighted by atomic mass is 9.81. The molecule has 1 fully saturated rings. The molecule has 7 heteroatoms. The molecule has 1 aromatic rings. The second-order valence-corrected chi connectivity index (χ2v) is 5.29. The molecule has 20 heavy (non-hydrogen) atoms. The SMILES string of the molecule is Cc1cnc(C(=O)NCC2(C)CCNCC2)cn1.Cl.Cl. The first-order chi connectivity index (χ1) is 8.59. The fraction of sp³-hybridized carbons (Fsp3) is 0.615. The molecule has 1 aliphatic heterocycles. The summed E-state index contributed by atoms with van der Waals surface area (Å²) in [7, 11) is 0. The zero-order valence-electron chi connectivity index (χ0n) is 11.8. The summed E-state index contributed by atoms with van der Waals surface area (Å²) in [6.45, 7) is 6.82. The molecule has 0 unspecified atom stereocenters. The predicted molar refractivity (Wildman–Crippen MR) is 83.8 cm³/mol. The van der Waals surface area contributed by atoms with E-state index in [1.807, 2.05) is 6.92 Å². The van der Waals surface area contributed by atoms with Gasteiger partial charge in [-0.15, -0.1) is 24.8 Å². The predicted octanol–water partition coefficient (Wildman–Crippen LogP) is 1.75. The first-order valence-corrected chi connectivity index (χ1v) is 6.37. The van der Waals surface area contributed by atoms with Crippen LogP contribution in [0, 0.1) is 12.3 Å². The van der Waals surface area contributed by atoms with Gasteiger partial charge < -0.3 is 10.6 Å². The minimum atomic E-state index is -0.137. The van der Waals surface area contributed by atoms with E-state index in [-0.39, 0.29) is 36.1 Å². The van der Waals surface area contributed by atoms with Gasteiger partial charge in [0.05, 0.1) is 11.9 Å². The standard InChI is InChI=1S/C13H20N4O.2ClH/c1-10-7-16-11(8-15-10)12(18)17-9-13(2)3-5-14-6-4-13;;/h7-8,14H,3-6,9H2,1-2H3,(H,17,18);2*1H. The number of hydrogen-bond donors (Lipinski definition) is 2. The van der Waals surface area contributed by atoms with Crippen LogP contribution in [0.25, 0.3) is 0 Å². The van der Waals surface area contributed by atoms with Gasteiger partial charge in [0.15, 0.2) is 0 Å². The maximum atomic E-state index is 11.9. The van der Waals surface area contributed by atoms with Gasteiger partial charge in [0.1, 0.15) is 5.69 Å². The Morgan fingerprint density at radius 1 is 1.30 bits per heavy atom. The zero-order valence-corrected chi connectivity index (χ0v) is 13.4. The number of aryl methyl sites for hydroxylation is 1. The number of aromatic nitrogens is 2. The molecule has 0 spiro atoms. The summed E-state index contributed by atoms with van der Waals surface area (Å²) in [5.74, 6) is -0.137. The van der Waals surface area contributed by atoms with E-state index >= 15 is 0 Å². The quantitative estimate of drug-likeness (QED) is 0.890. The van der Waals surface area contributed by atoms with Crippen molar-refractivity contribution in [3.05, 3.63) is 23.8 Å². The van der Waals surface area contributed by atoms with E-state index in [9.17, 15) is 4.79 Å². The smallest absolute Gasteiger partial charge is 0.271 e. The Labute approximate surface area is 132 Å². The molecule has 2 N–H and O–H groups in total. The summed E-state index contributed by atoms with van der Waals surface area (Å²) in [6.07, 6.45) is 5.32. The Morgan fingerprint density at radius 3 is 2.50 bits per heavy atom. The van der Waals surface area contributed by atoms with Crippen molar-refractivity contribution in [3.63, 3.8) is 0 Å². The van der Waals surface area contributed by atoms with Crippen molar-refractivity contribution in [1.29, 1.82) is 0 Å². The summed E-state index contributed by atoms with van der Waals surface area (Å²) in [5.41, 5.74) is 1.40. The summed E-state index contributed by atoms with van der Waals surface area (Å²) >= 11 is 0. The first kappa shape index (κ1) is 19.1. The maximum absolute atomic E-state index is 11.9. The van der Waals surface area contributed by atoms with Gasteiger partial charge in [-0.05, 0) is 38.3 Å². The molecule has 1 aliphatic rings. The van der Waals surface area contributed by atoms with Crippen molar-refractivity contribution in [2.75, 3.05) is 19.6 Å². The van der Waals surface area contributed by atoms with Gasteiger partial charge >= 0.3 is 0 Å². The van der Waals surface area contributed by atoms with E-state index in [1.54, 1.807) is 6.20 Å². The molecule has 0 aliphatic carbocycles. The molecule has 0 aromatic carbocycles. The highest BCUT2D eigenvalue weighted by atomic mass is 35.5. The number of carbonyl (C=O) groups excluding carboxylic acids is 1. The Morgan fingerprint density at radius 2 is 1.95 bits per heavy atom. The molecule has 1 aromatic heterocycles. The summed E-state index contributed by atoms with van der Waals surface area (Å²) in [4.78, 5) is 20.1. The summed E-state index contributed by atoms with van der Waals surface area (Å²) in [5, 5.41) is 6.29.